The number of esters is 1. The van der Waals surface area contributed by atoms with Crippen molar-refractivity contribution in [2.75, 3.05) is 37.5 Å². The highest BCUT2D eigenvalue weighted by Gasteiger charge is 2.34. The molecule has 0 spiro atoms. The Morgan fingerprint density at radius 2 is 2.19 bits per heavy atom. The number of carbonyl (C=O) groups excluding carboxylic acids is 2. The molecule has 0 saturated heterocycles. The van der Waals surface area contributed by atoms with E-state index in [0.29, 0.717) is 23.7 Å². The van der Waals surface area contributed by atoms with Crippen LogP contribution in [0.15, 0.2) is 18.2 Å². The molecule has 2 rings (SSSR count). The average Bonchev–Trinajstić information content (AvgIpc) is 2.44. The van der Waals surface area contributed by atoms with Crippen LogP contribution in [0.1, 0.15) is 6.92 Å². The van der Waals surface area contributed by atoms with Gasteiger partial charge in [0.1, 0.15) is 24.6 Å². The molecule has 1 aromatic carbocycles. The fourth-order valence-electron chi connectivity index (χ4n) is 2.06. The first-order valence-electron chi connectivity index (χ1n) is 6.55. The molecule has 2 N–H and O–H groups in total. The monoisotopic (exact) mass is 294 g/mol. The van der Waals surface area contributed by atoms with Crippen LogP contribution < -0.4 is 15.4 Å². The zero-order valence-electron chi connectivity index (χ0n) is 12.0. The van der Waals surface area contributed by atoms with Crippen LogP contribution in [0.5, 0.6) is 5.75 Å². The zero-order valence-corrected chi connectivity index (χ0v) is 12.0. The number of anilines is 2. The fraction of sp³-hybridized carbons (Fsp3) is 0.429. The molecule has 1 unspecified atom stereocenters. The largest absolute Gasteiger partial charge is 0.479 e. The van der Waals surface area contributed by atoms with Crippen LogP contribution in [0.25, 0.3) is 0 Å². The van der Waals surface area contributed by atoms with Gasteiger partial charge in [-0.3, -0.25) is 14.5 Å². The fourth-order valence-corrected chi connectivity index (χ4v) is 2.06. The third-order valence-electron chi connectivity index (χ3n) is 3.06. The summed E-state index contributed by atoms with van der Waals surface area (Å²) in [5.41, 5.74) is 6.67. The Balaban J connectivity index is 2.18. The van der Waals surface area contributed by atoms with Crippen molar-refractivity contribution in [2.24, 2.45) is 0 Å². The lowest BCUT2D eigenvalue weighted by atomic mass is 10.1. The third-order valence-corrected chi connectivity index (χ3v) is 3.06. The lowest BCUT2D eigenvalue weighted by molar-refractivity contribution is -0.144. The van der Waals surface area contributed by atoms with Gasteiger partial charge in [-0.25, -0.2) is 0 Å². The Hall–Kier alpha value is -2.28. The van der Waals surface area contributed by atoms with E-state index in [1.54, 1.807) is 25.1 Å². The van der Waals surface area contributed by atoms with Crippen molar-refractivity contribution < 1.29 is 23.8 Å². The molecule has 1 aliphatic heterocycles. The summed E-state index contributed by atoms with van der Waals surface area (Å²) in [6, 6.07) is 5.08. The Morgan fingerprint density at radius 3 is 2.90 bits per heavy atom. The van der Waals surface area contributed by atoms with Gasteiger partial charge in [-0.1, -0.05) is 6.07 Å². The lowest BCUT2D eigenvalue weighted by Crippen LogP contribution is -2.47. The van der Waals surface area contributed by atoms with Gasteiger partial charge in [-0.15, -0.1) is 0 Å². The molecule has 1 aliphatic rings. The minimum atomic E-state index is -0.675. The molecule has 0 aliphatic carbocycles. The number of benzene rings is 1. The first-order chi connectivity index (χ1) is 10.0. The maximum absolute atomic E-state index is 12.2. The number of nitrogens with zero attached hydrogens (tertiary/aromatic N) is 1. The highest BCUT2D eigenvalue weighted by Crippen LogP contribution is 2.38. The van der Waals surface area contributed by atoms with Gasteiger partial charge in [0.2, 0.25) is 0 Å². The second-order valence-corrected chi connectivity index (χ2v) is 4.59. The maximum atomic E-state index is 12.2. The number of hydrogen-bond donors (Lipinski definition) is 1. The summed E-state index contributed by atoms with van der Waals surface area (Å²) in [4.78, 5) is 25.3. The quantitative estimate of drug-likeness (QED) is 0.485. The van der Waals surface area contributed by atoms with Gasteiger partial charge in [0.15, 0.2) is 6.10 Å². The van der Waals surface area contributed by atoms with Crippen molar-refractivity contribution in [3.8, 4) is 5.75 Å². The molecule has 7 heteroatoms. The third kappa shape index (κ3) is 3.25. The van der Waals surface area contributed by atoms with Crippen LogP contribution >= 0.6 is 0 Å². The van der Waals surface area contributed by atoms with Gasteiger partial charge < -0.3 is 19.9 Å². The SMILES string of the molecule is COCCOC(=O)CN1C(=O)C(C)Oc2cccc(N)c21. The molecule has 1 aromatic rings. The molecule has 0 fully saturated rings. The second-order valence-electron chi connectivity index (χ2n) is 4.59. The van der Waals surface area contributed by atoms with Gasteiger partial charge in [-0.2, -0.15) is 0 Å². The van der Waals surface area contributed by atoms with Crippen molar-refractivity contribution in [2.45, 2.75) is 13.0 Å². The van der Waals surface area contributed by atoms with E-state index in [2.05, 4.69) is 0 Å². The highest BCUT2D eigenvalue weighted by molar-refractivity contribution is 6.05. The Bertz CT molecular complexity index is 546. The van der Waals surface area contributed by atoms with E-state index >= 15 is 0 Å². The first-order valence-corrected chi connectivity index (χ1v) is 6.55. The van der Waals surface area contributed by atoms with Crippen LogP contribution in [0.3, 0.4) is 0 Å². The minimum Gasteiger partial charge on any atom is -0.479 e. The van der Waals surface area contributed by atoms with E-state index in [9.17, 15) is 9.59 Å². The van der Waals surface area contributed by atoms with Gasteiger partial charge in [0.05, 0.1) is 12.3 Å². The normalized spacial score (nSPS) is 17.1. The van der Waals surface area contributed by atoms with Crippen LogP contribution in [-0.2, 0) is 19.1 Å². The van der Waals surface area contributed by atoms with Crippen LogP contribution in [0.2, 0.25) is 0 Å². The van der Waals surface area contributed by atoms with Crippen LogP contribution in [0, 0.1) is 0 Å². The number of fused-ring (bicyclic) bond motifs is 1. The van der Waals surface area contributed by atoms with E-state index in [-0.39, 0.29) is 19.1 Å². The molecular formula is C14H18N2O5. The van der Waals surface area contributed by atoms with E-state index < -0.39 is 12.1 Å². The molecule has 114 valence electrons. The van der Waals surface area contributed by atoms with Crippen LogP contribution in [0.4, 0.5) is 11.4 Å². The summed E-state index contributed by atoms with van der Waals surface area (Å²) in [6.07, 6.45) is -0.675. The number of nitrogen functional groups attached to an aromatic ring is 1. The molecule has 1 amide bonds. The summed E-state index contributed by atoms with van der Waals surface area (Å²) in [6.45, 7) is 1.85. The number of rotatable bonds is 5. The molecule has 1 heterocycles. The molecule has 0 aromatic heterocycles. The summed E-state index contributed by atoms with van der Waals surface area (Å²) >= 11 is 0. The lowest BCUT2D eigenvalue weighted by Gasteiger charge is -2.33. The number of carbonyl (C=O) groups is 2. The molecule has 1 atom stereocenters. The average molecular weight is 294 g/mol. The number of amides is 1. The predicted octanol–water partition coefficient (Wildman–Crippen LogP) is 0.572. The summed E-state index contributed by atoms with van der Waals surface area (Å²) < 4.78 is 15.3. The van der Waals surface area contributed by atoms with Crippen LogP contribution in [-0.4, -0.2) is 44.8 Å². The van der Waals surface area contributed by atoms with E-state index in [1.807, 2.05) is 0 Å². The zero-order chi connectivity index (χ0) is 15.4. The number of para-hydroxylation sites is 1. The molecule has 0 radical (unpaired) electrons. The highest BCUT2D eigenvalue weighted by atomic mass is 16.6. The maximum Gasteiger partial charge on any atom is 0.326 e. The van der Waals surface area contributed by atoms with E-state index in [0.717, 1.165) is 0 Å². The topological polar surface area (TPSA) is 91.1 Å². The number of methoxy groups -OCH3 is 1. The van der Waals surface area contributed by atoms with Crippen molar-refractivity contribution in [1.82, 2.24) is 0 Å². The number of ether oxygens (including phenoxy) is 3. The Morgan fingerprint density at radius 1 is 1.43 bits per heavy atom. The van der Waals surface area contributed by atoms with E-state index in [4.69, 9.17) is 19.9 Å². The smallest absolute Gasteiger partial charge is 0.326 e. The standard InChI is InChI=1S/C14H18N2O5/c1-9-14(18)16(8-12(17)20-7-6-19-2)13-10(15)4-3-5-11(13)21-9/h3-5,9H,6-8,15H2,1-2H3. The molecule has 7 nitrogen and oxygen atoms in total. The van der Waals surface area contributed by atoms with Crippen molar-refractivity contribution in [1.29, 1.82) is 0 Å². The van der Waals surface area contributed by atoms with Crippen molar-refractivity contribution >= 4 is 23.3 Å². The van der Waals surface area contributed by atoms with Gasteiger partial charge in [0, 0.05) is 7.11 Å². The summed E-state index contributed by atoms with van der Waals surface area (Å²) in [5, 5.41) is 0. The summed E-state index contributed by atoms with van der Waals surface area (Å²) in [7, 11) is 1.51. The number of nitrogens with two attached hydrogens (primary N) is 1. The van der Waals surface area contributed by atoms with Crippen molar-refractivity contribution in [3.63, 3.8) is 0 Å². The van der Waals surface area contributed by atoms with Gasteiger partial charge >= 0.3 is 5.97 Å². The Kier molecular flexibility index (Phi) is 4.64. The molecular weight excluding hydrogens is 276 g/mol. The summed E-state index contributed by atoms with van der Waals surface area (Å²) in [5.74, 6) is -0.375. The second kappa shape index (κ2) is 6.45. The van der Waals surface area contributed by atoms with E-state index in [1.165, 1.54) is 12.0 Å². The first kappa shape index (κ1) is 15.1. The minimum absolute atomic E-state index is 0.139. The van der Waals surface area contributed by atoms with Gasteiger partial charge in [-0.05, 0) is 19.1 Å². The molecule has 21 heavy (non-hydrogen) atoms. The number of hydrogen-bond acceptors (Lipinski definition) is 6. The molecule has 0 bridgehead atoms. The Labute approximate surface area is 122 Å². The predicted molar refractivity (Wildman–Crippen MR) is 76.1 cm³/mol. The molecule has 0 saturated carbocycles. The van der Waals surface area contributed by atoms with Gasteiger partial charge in [0.25, 0.3) is 5.91 Å². The van der Waals surface area contributed by atoms with Crippen molar-refractivity contribution in [3.05, 3.63) is 18.2 Å².